The molecule has 3 heterocycles. The van der Waals surface area contributed by atoms with E-state index in [1.807, 2.05) is 68.4 Å². The zero-order valence-corrected chi connectivity index (χ0v) is 17.7. The van der Waals surface area contributed by atoms with Crippen LogP contribution < -0.4 is 5.32 Å². The van der Waals surface area contributed by atoms with E-state index < -0.39 is 0 Å². The van der Waals surface area contributed by atoms with Crippen LogP contribution in [-0.4, -0.2) is 25.8 Å². The molecule has 0 aliphatic rings. The minimum Gasteiger partial charge on any atom is -0.355 e. The monoisotopic (exact) mass is 423 g/mol. The first kappa shape index (κ1) is 19.7. The Morgan fingerprint density at radius 2 is 1.88 bits per heavy atom. The molecule has 5 rings (SSSR count). The van der Waals surface area contributed by atoms with Gasteiger partial charge in [0.15, 0.2) is 11.6 Å². The first-order chi connectivity index (χ1) is 15.6. The van der Waals surface area contributed by atoms with Crippen molar-refractivity contribution in [2.75, 3.05) is 0 Å². The van der Waals surface area contributed by atoms with Crippen molar-refractivity contribution in [2.24, 2.45) is 0 Å². The van der Waals surface area contributed by atoms with Gasteiger partial charge in [-0.05, 0) is 49.7 Å². The SMILES string of the molecule is Cc1cc(C)n(-c2ccc(CNC(=O)c3ccc4noc(-c5ccccc5)c4c3)cn2)n1. The summed E-state index contributed by atoms with van der Waals surface area (Å²) in [6.45, 7) is 4.31. The molecule has 0 saturated heterocycles. The Balaban J connectivity index is 1.31. The van der Waals surface area contributed by atoms with Gasteiger partial charge >= 0.3 is 0 Å². The van der Waals surface area contributed by atoms with Gasteiger partial charge in [0.2, 0.25) is 0 Å². The molecule has 1 amide bonds. The van der Waals surface area contributed by atoms with Crippen LogP contribution in [0, 0.1) is 13.8 Å². The largest absolute Gasteiger partial charge is 0.355 e. The van der Waals surface area contributed by atoms with E-state index in [0.717, 1.165) is 33.7 Å². The second kappa shape index (κ2) is 8.11. The zero-order chi connectivity index (χ0) is 22.1. The third kappa shape index (κ3) is 3.76. The molecule has 0 saturated carbocycles. The number of carbonyl (C=O) groups is 1. The molecule has 0 radical (unpaired) electrons. The molecule has 32 heavy (non-hydrogen) atoms. The number of benzene rings is 2. The molecule has 0 aliphatic heterocycles. The second-order valence-electron chi connectivity index (χ2n) is 7.66. The van der Waals surface area contributed by atoms with Crippen LogP contribution in [0.2, 0.25) is 0 Å². The summed E-state index contributed by atoms with van der Waals surface area (Å²) < 4.78 is 7.33. The number of hydrogen-bond donors (Lipinski definition) is 1. The van der Waals surface area contributed by atoms with Gasteiger partial charge in [0.25, 0.3) is 5.91 Å². The van der Waals surface area contributed by atoms with Crippen molar-refractivity contribution in [2.45, 2.75) is 20.4 Å². The van der Waals surface area contributed by atoms with Crippen LogP contribution in [0.25, 0.3) is 28.0 Å². The number of fused-ring (bicyclic) bond motifs is 1. The molecule has 0 bridgehead atoms. The average Bonchev–Trinajstić information content (AvgIpc) is 3.40. The Kier molecular flexibility index (Phi) is 4.99. The zero-order valence-electron chi connectivity index (χ0n) is 17.7. The molecule has 5 aromatic rings. The summed E-state index contributed by atoms with van der Waals surface area (Å²) in [5.41, 5.74) is 5.05. The molecule has 0 atom stereocenters. The number of pyridine rings is 1. The van der Waals surface area contributed by atoms with E-state index in [-0.39, 0.29) is 5.91 Å². The standard InChI is InChI=1S/C25H21N5O2/c1-16-12-17(2)30(28-16)23-11-8-18(14-26-23)15-27-25(31)20-9-10-22-21(13-20)24(32-29-22)19-6-4-3-5-7-19/h3-14H,15H2,1-2H3,(H,27,31). The topological polar surface area (TPSA) is 85.8 Å². The number of aryl methyl sites for hydroxylation is 2. The highest BCUT2D eigenvalue weighted by molar-refractivity contribution is 6.00. The lowest BCUT2D eigenvalue weighted by molar-refractivity contribution is 0.0951. The van der Waals surface area contributed by atoms with E-state index in [1.165, 1.54) is 0 Å². The van der Waals surface area contributed by atoms with E-state index in [9.17, 15) is 4.79 Å². The predicted octanol–water partition coefficient (Wildman–Crippen LogP) is 4.62. The van der Waals surface area contributed by atoms with Gasteiger partial charge in [-0.1, -0.05) is 41.6 Å². The number of nitrogens with zero attached hydrogens (tertiary/aromatic N) is 4. The van der Waals surface area contributed by atoms with Crippen molar-refractivity contribution in [3.05, 3.63) is 95.4 Å². The number of nitrogens with one attached hydrogen (secondary N) is 1. The molecule has 1 N–H and O–H groups in total. The fourth-order valence-corrected chi connectivity index (χ4v) is 3.67. The Labute approximate surface area is 184 Å². The minimum atomic E-state index is -0.172. The molecular weight excluding hydrogens is 402 g/mol. The summed E-state index contributed by atoms with van der Waals surface area (Å²) in [5, 5.41) is 12.3. The minimum absolute atomic E-state index is 0.172. The Morgan fingerprint density at radius 1 is 1.03 bits per heavy atom. The van der Waals surface area contributed by atoms with Crippen molar-refractivity contribution >= 4 is 16.8 Å². The van der Waals surface area contributed by atoms with E-state index >= 15 is 0 Å². The third-order valence-electron chi connectivity index (χ3n) is 5.26. The summed E-state index contributed by atoms with van der Waals surface area (Å²) in [6.07, 6.45) is 1.75. The molecular formula is C25H21N5O2. The molecule has 3 aromatic heterocycles. The summed E-state index contributed by atoms with van der Waals surface area (Å²) in [7, 11) is 0. The predicted molar refractivity (Wildman–Crippen MR) is 121 cm³/mol. The summed E-state index contributed by atoms with van der Waals surface area (Å²) in [6, 6.07) is 20.9. The summed E-state index contributed by atoms with van der Waals surface area (Å²) >= 11 is 0. The first-order valence-corrected chi connectivity index (χ1v) is 10.3. The quantitative estimate of drug-likeness (QED) is 0.446. The van der Waals surface area contributed by atoms with Crippen molar-refractivity contribution in [1.29, 1.82) is 0 Å². The number of aromatic nitrogens is 4. The maximum Gasteiger partial charge on any atom is 0.251 e. The van der Waals surface area contributed by atoms with Crippen molar-refractivity contribution in [1.82, 2.24) is 25.2 Å². The lowest BCUT2D eigenvalue weighted by Gasteiger charge is -2.07. The van der Waals surface area contributed by atoms with Crippen LogP contribution in [0.15, 0.2) is 77.4 Å². The van der Waals surface area contributed by atoms with Crippen LogP contribution in [-0.2, 0) is 6.54 Å². The highest BCUT2D eigenvalue weighted by Gasteiger charge is 2.14. The normalized spacial score (nSPS) is 11.1. The lowest BCUT2D eigenvalue weighted by atomic mass is 10.1. The third-order valence-corrected chi connectivity index (χ3v) is 5.26. The first-order valence-electron chi connectivity index (χ1n) is 10.3. The average molecular weight is 423 g/mol. The number of carbonyl (C=O) groups excluding carboxylic acids is 1. The van der Waals surface area contributed by atoms with Crippen LogP contribution in [0.1, 0.15) is 27.3 Å². The van der Waals surface area contributed by atoms with Gasteiger partial charge in [-0.2, -0.15) is 5.10 Å². The molecule has 0 spiro atoms. The summed E-state index contributed by atoms with van der Waals surface area (Å²) in [4.78, 5) is 17.3. The van der Waals surface area contributed by atoms with Gasteiger partial charge in [-0.25, -0.2) is 9.67 Å². The molecule has 2 aromatic carbocycles. The highest BCUT2D eigenvalue weighted by Crippen LogP contribution is 2.29. The molecule has 158 valence electrons. The van der Waals surface area contributed by atoms with Crippen molar-refractivity contribution < 1.29 is 9.32 Å². The number of rotatable bonds is 5. The molecule has 0 fully saturated rings. The van der Waals surface area contributed by atoms with Gasteiger partial charge in [0.05, 0.1) is 11.1 Å². The van der Waals surface area contributed by atoms with Crippen LogP contribution in [0.4, 0.5) is 0 Å². The van der Waals surface area contributed by atoms with E-state index in [4.69, 9.17) is 4.52 Å². The molecule has 0 aliphatic carbocycles. The smallest absolute Gasteiger partial charge is 0.251 e. The van der Waals surface area contributed by atoms with E-state index in [1.54, 1.807) is 23.0 Å². The van der Waals surface area contributed by atoms with E-state index in [2.05, 4.69) is 20.6 Å². The Hall–Kier alpha value is -4.26. The number of hydrogen-bond acceptors (Lipinski definition) is 5. The fraction of sp³-hybridized carbons (Fsp3) is 0.120. The molecule has 7 nitrogen and oxygen atoms in total. The highest BCUT2D eigenvalue weighted by atomic mass is 16.5. The maximum absolute atomic E-state index is 12.8. The lowest BCUT2D eigenvalue weighted by Crippen LogP contribution is -2.22. The Bertz CT molecular complexity index is 1400. The van der Waals surface area contributed by atoms with E-state index in [0.29, 0.717) is 23.4 Å². The van der Waals surface area contributed by atoms with Crippen molar-refractivity contribution in [3.63, 3.8) is 0 Å². The Morgan fingerprint density at radius 3 is 2.59 bits per heavy atom. The van der Waals surface area contributed by atoms with Gasteiger partial charge in [-0.15, -0.1) is 0 Å². The van der Waals surface area contributed by atoms with Crippen LogP contribution >= 0.6 is 0 Å². The van der Waals surface area contributed by atoms with Crippen LogP contribution in [0.3, 0.4) is 0 Å². The number of amides is 1. The summed E-state index contributed by atoms with van der Waals surface area (Å²) in [5.74, 6) is 1.23. The van der Waals surface area contributed by atoms with Gasteiger partial charge in [0, 0.05) is 29.6 Å². The van der Waals surface area contributed by atoms with Gasteiger partial charge in [-0.3, -0.25) is 4.79 Å². The second-order valence-corrected chi connectivity index (χ2v) is 7.66. The van der Waals surface area contributed by atoms with Gasteiger partial charge in [0.1, 0.15) is 5.52 Å². The molecule has 7 heteroatoms. The molecule has 0 unspecified atom stereocenters. The van der Waals surface area contributed by atoms with Gasteiger partial charge < -0.3 is 9.84 Å². The van der Waals surface area contributed by atoms with Crippen molar-refractivity contribution in [3.8, 4) is 17.1 Å². The van der Waals surface area contributed by atoms with Crippen LogP contribution in [0.5, 0.6) is 0 Å². The maximum atomic E-state index is 12.8. The fourth-order valence-electron chi connectivity index (χ4n) is 3.67.